The molecular formula is C15H12N2O3. The molecule has 0 fully saturated rings. The molecule has 20 heavy (non-hydrogen) atoms. The third-order valence-corrected chi connectivity index (χ3v) is 2.98. The number of fused-ring (bicyclic) bond motifs is 1. The minimum atomic E-state index is -0.203. The molecule has 3 aromatic rings. The SMILES string of the molecule is COc1ccc(C(=O)Nc2ccncc2)c2ccoc12. The van der Waals surface area contributed by atoms with Gasteiger partial charge in [-0.1, -0.05) is 0 Å². The number of anilines is 1. The van der Waals surface area contributed by atoms with Gasteiger partial charge in [-0.05, 0) is 30.3 Å². The van der Waals surface area contributed by atoms with Crippen molar-refractivity contribution in [3.63, 3.8) is 0 Å². The van der Waals surface area contributed by atoms with Gasteiger partial charge in [0.1, 0.15) is 0 Å². The highest BCUT2D eigenvalue weighted by molar-refractivity contribution is 6.13. The predicted molar refractivity (Wildman–Crippen MR) is 75.0 cm³/mol. The summed E-state index contributed by atoms with van der Waals surface area (Å²) in [5, 5.41) is 3.53. The maximum Gasteiger partial charge on any atom is 0.256 e. The van der Waals surface area contributed by atoms with Crippen molar-refractivity contribution in [1.82, 2.24) is 4.98 Å². The molecule has 1 amide bonds. The predicted octanol–water partition coefficient (Wildman–Crippen LogP) is 3.09. The van der Waals surface area contributed by atoms with Crippen LogP contribution in [-0.2, 0) is 0 Å². The van der Waals surface area contributed by atoms with E-state index in [4.69, 9.17) is 9.15 Å². The van der Waals surface area contributed by atoms with Gasteiger partial charge in [-0.3, -0.25) is 9.78 Å². The Kier molecular flexibility index (Phi) is 3.09. The zero-order valence-electron chi connectivity index (χ0n) is 10.8. The van der Waals surface area contributed by atoms with E-state index in [1.54, 1.807) is 49.8 Å². The first-order chi connectivity index (χ1) is 9.79. The van der Waals surface area contributed by atoms with Gasteiger partial charge in [0.15, 0.2) is 11.3 Å². The molecule has 3 rings (SSSR count). The number of furan rings is 1. The lowest BCUT2D eigenvalue weighted by Gasteiger charge is -2.07. The van der Waals surface area contributed by atoms with E-state index in [-0.39, 0.29) is 5.91 Å². The van der Waals surface area contributed by atoms with Gasteiger partial charge < -0.3 is 14.5 Å². The number of carbonyl (C=O) groups is 1. The molecule has 0 aliphatic rings. The van der Waals surface area contributed by atoms with Crippen molar-refractivity contribution in [2.24, 2.45) is 0 Å². The normalized spacial score (nSPS) is 10.4. The second-order valence-electron chi connectivity index (χ2n) is 4.17. The van der Waals surface area contributed by atoms with E-state index >= 15 is 0 Å². The van der Waals surface area contributed by atoms with Crippen molar-refractivity contribution in [2.45, 2.75) is 0 Å². The molecule has 100 valence electrons. The summed E-state index contributed by atoms with van der Waals surface area (Å²) in [6.07, 6.45) is 4.78. The fourth-order valence-corrected chi connectivity index (χ4v) is 2.03. The fraction of sp³-hybridized carbons (Fsp3) is 0.0667. The van der Waals surface area contributed by atoms with Gasteiger partial charge >= 0.3 is 0 Å². The summed E-state index contributed by atoms with van der Waals surface area (Å²) in [6, 6.07) is 8.64. The Balaban J connectivity index is 1.98. The van der Waals surface area contributed by atoms with E-state index in [0.717, 1.165) is 5.39 Å². The van der Waals surface area contributed by atoms with E-state index in [2.05, 4.69) is 10.3 Å². The molecular weight excluding hydrogens is 256 g/mol. The van der Waals surface area contributed by atoms with Gasteiger partial charge in [-0.25, -0.2) is 0 Å². The molecule has 1 aromatic carbocycles. The Hall–Kier alpha value is -2.82. The molecule has 5 nitrogen and oxygen atoms in total. The highest BCUT2D eigenvalue weighted by atomic mass is 16.5. The Morgan fingerprint density at radius 1 is 1.20 bits per heavy atom. The van der Waals surface area contributed by atoms with E-state index in [9.17, 15) is 4.79 Å². The summed E-state index contributed by atoms with van der Waals surface area (Å²) < 4.78 is 10.6. The zero-order valence-corrected chi connectivity index (χ0v) is 10.8. The van der Waals surface area contributed by atoms with Gasteiger partial charge in [-0.15, -0.1) is 0 Å². The van der Waals surface area contributed by atoms with Crippen LogP contribution in [0.1, 0.15) is 10.4 Å². The van der Waals surface area contributed by atoms with E-state index in [1.807, 2.05) is 0 Å². The fourth-order valence-electron chi connectivity index (χ4n) is 2.03. The third kappa shape index (κ3) is 2.09. The van der Waals surface area contributed by atoms with Crippen molar-refractivity contribution >= 4 is 22.6 Å². The van der Waals surface area contributed by atoms with Crippen LogP contribution >= 0.6 is 0 Å². The molecule has 0 atom stereocenters. The quantitative estimate of drug-likeness (QED) is 0.792. The maximum atomic E-state index is 12.3. The summed E-state index contributed by atoms with van der Waals surface area (Å²) in [7, 11) is 1.56. The number of nitrogens with one attached hydrogen (secondary N) is 1. The topological polar surface area (TPSA) is 64.4 Å². The van der Waals surface area contributed by atoms with Crippen molar-refractivity contribution in [3.8, 4) is 5.75 Å². The molecule has 0 bridgehead atoms. The van der Waals surface area contributed by atoms with Crippen LogP contribution in [-0.4, -0.2) is 18.0 Å². The van der Waals surface area contributed by atoms with Crippen LogP contribution in [0.15, 0.2) is 53.4 Å². The van der Waals surface area contributed by atoms with Gasteiger partial charge in [-0.2, -0.15) is 0 Å². The highest BCUT2D eigenvalue weighted by Crippen LogP contribution is 2.29. The average Bonchev–Trinajstić information content (AvgIpc) is 2.96. The Morgan fingerprint density at radius 3 is 2.75 bits per heavy atom. The van der Waals surface area contributed by atoms with Gasteiger partial charge in [0.25, 0.3) is 5.91 Å². The molecule has 0 saturated heterocycles. The minimum Gasteiger partial charge on any atom is -0.493 e. The number of rotatable bonds is 3. The van der Waals surface area contributed by atoms with Gasteiger partial charge in [0, 0.05) is 23.5 Å². The number of methoxy groups -OCH3 is 1. The number of hydrogen-bond acceptors (Lipinski definition) is 4. The third-order valence-electron chi connectivity index (χ3n) is 2.98. The monoisotopic (exact) mass is 268 g/mol. The molecule has 0 aliphatic carbocycles. The molecule has 2 heterocycles. The number of nitrogens with zero attached hydrogens (tertiary/aromatic N) is 1. The summed E-state index contributed by atoms with van der Waals surface area (Å²) in [4.78, 5) is 16.2. The zero-order chi connectivity index (χ0) is 13.9. The van der Waals surface area contributed by atoms with Crippen LogP contribution in [0.25, 0.3) is 11.0 Å². The first-order valence-electron chi connectivity index (χ1n) is 6.05. The second-order valence-corrected chi connectivity index (χ2v) is 4.17. The lowest BCUT2D eigenvalue weighted by atomic mass is 10.1. The summed E-state index contributed by atoms with van der Waals surface area (Å²) in [6.45, 7) is 0. The Bertz CT molecular complexity index is 750. The molecule has 0 saturated carbocycles. The molecule has 0 aliphatic heterocycles. The van der Waals surface area contributed by atoms with E-state index in [1.165, 1.54) is 6.26 Å². The number of hydrogen-bond donors (Lipinski definition) is 1. The van der Waals surface area contributed by atoms with Gasteiger partial charge in [0.05, 0.1) is 18.9 Å². The minimum absolute atomic E-state index is 0.203. The number of pyridine rings is 1. The summed E-state index contributed by atoms with van der Waals surface area (Å²) in [5.74, 6) is 0.399. The molecule has 1 N–H and O–H groups in total. The van der Waals surface area contributed by atoms with Crippen molar-refractivity contribution < 1.29 is 13.9 Å². The standard InChI is InChI=1S/C15H12N2O3/c1-19-13-3-2-12(11-6-9-20-14(11)13)15(18)17-10-4-7-16-8-5-10/h2-9H,1H3,(H,16,17,18). The van der Waals surface area contributed by atoms with Crippen LogP contribution in [0, 0.1) is 0 Å². The Labute approximate surface area is 115 Å². The summed E-state index contributed by atoms with van der Waals surface area (Å²) >= 11 is 0. The summed E-state index contributed by atoms with van der Waals surface area (Å²) in [5.41, 5.74) is 1.79. The van der Waals surface area contributed by atoms with Gasteiger partial charge in [0.2, 0.25) is 0 Å². The van der Waals surface area contributed by atoms with Crippen molar-refractivity contribution in [3.05, 3.63) is 54.6 Å². The van der Waals surface area contributed by atoms with Crippen LogP contribution in [0.5, 0.6) is 5.75 Å². The molecule has 5 heteroatoms. The largest absolute Gasteiger partial charge is 0.493 e. The van der Waals surface area contributed by atoms with E-state index in [0.29, 0.717) is 22.6 Å². The van der Waals surface area contributed by atoms with Crippen LogP contribution in [0.2, 0.25) is 0 Å². The first kappa shape index (κ1) is 12.2. The molecule has 0 spiro atoms. The molecule has 0 radical (unpaired) electrons. The number of benzene rings is 1. The number of ether oxygens (including phenoxy) is 1. The Morgan fingerprint density at radius 2 is 2.00 bits per heavy atom. The lowest BCUT2D eigenvalue weighted by molar-refractivity contribution is 0.102. The highest BCUT2D eigenvalue weighted by Gasteiger charge is 2.15. The van der Waals surface area contributed by atoms with Crippen LogP contribution in [0.4, 0.5) is 5.69 Å². The first-order valence-corrected chi connectivity index (χ1v) is 6.05. The second kappa shape index (κ2) is 5.05. The number of carbonyl (C=O) groups excluding carboxylic acids is 1. The van der Waals surface area contributed by atoms with E-state index < -0.39 is 0 Å². The number of amides is 1. The van der Waals surface area contributed by atoms with Crippen molar-refractivity contribution in [1.29, 1.82) is 0 Å². The average molecular weight is 268 g/mol. The number of aromatic nitrogens is 1. The lowest BCUT2D eigenvalue weighted by Crippen LogP contribution is -2.12. The molecule has 0 unspecified atom stereocenters. The van der Waals surface area contributed by atoms with Crippen LogP contribution in [0.3, 0.4) is 0 Å². The smallest absolute Gasteiger partial charge is 0.256 e. The van der Waals surface area contributed by atoms with Crippen molar-refractivity contribution in [2.75, 3.05) is 12.4 Å². The maximum absolute atomic E-state index is 12.3. The van der Waals surface area contributed by atoms with Crippen LogP contribution < -0.4 is 10.1 Å². The molecule has 2 aromatic heterocycles.